The maximum Gasteiger partial charge on any atom is 0.269 e. The minimum atomic E-state index is -2.67. The van der Waals surface area contributed by atoms with Crippen molar-refractivity contribution in [2.24, 2.45) is 0 Å². The van der Waals surface area contributed by atoms with E-state index in [1.807, 2.05) is 41.6 Å². The first kappa shape index (κ1) is 25.1. The van der Waals surface area contributed by atoms with Crippen molar-refractivity contribution in [2.75, 3.05) is 64.4 Å². The summed E-state index contributed by atoms with van der Waals surface area (Å²) in [6, 6.07) is 9.46. The van der Waals surface area contributed by atoms with Crippen LogP contribution in [0, 0.1) is 11.3 Å². The first-order chi connectivity index (χ1) is 16.0. The van der Waals surface area contributed by atoms with E-state index in [0.29, 0.717) is 19.7 Å². The number of halogens is 2. The van der Waals surface area contributed by atoms with Crippen LogP contribution in [0.1, 0.15) is 6.92 Å². The molecule has 0 spiro atoms. The highest BCUT2D eigenvalue weighted by atomic mass is 32.2. The zero-order valence-corrected chi connectivity index (χ0v) is 19.4. The van der Waals surface area contributed by atoms with Gasteiger partial charge in [-0.2, -0.15) is 5.26 Å². The molecule has 8 nitrogen and oxygen atoms in total. The molecule has 0 bridgehead atoms. The largest absolute Gasteiger partial charge is 0.492 e. The van der Waals surface area contributed by atoms with Gasteiger partial charge >= 0.3 is 0 Å². The van der Waals surface area contributed by atoms with Gasteiger partial charge < -0.3 is 20.1 Å². The molecule has 0 aromatic heterocycles. The molecule has 1 aromatic rings. The van der Waals surface area contributed by atoms with Gasteiger partial charge in [0.15, 0.2) is 4.86 Å². The fraction of sp³-hybridized carbons (Fsp3) is 0.500. The summed E-state index contributed by atoms with van der Waals surface area (Å²) in [6.07, 6.45) is -0.888. The Kier molecular flexibility index (Phi) is 9.62. The van der Waals surface area contributed by atoms with Gasteiger partial charge in [-0.15, -0.1) is 0 Å². The molecule has 2 aliphatic rings. The summed E-state index contributed by atoms with van der Waals surface area (Å²) in [7, 11) is -0.858. The third-order valence-electron chi connectivity index (χ3n) is 5.12. The quantitative estimate of drug-likeness (QED) is 0.496. The fourth-order valence-electron chi connectivity index (χ4n) is 3.39. The molecule has 0 radical (unpaired) electrons. The molecule has 2 N–H and O–H groups in total. The number of nitrogens with one attached hydrogen (secondary N) is 2. The lowest BCUT2D eigenvalue weighted by molar-refractivity contribution is -0.115. The summed E-state index contributed by atoms with van der Waals surface area (Å²) in [4.78, 5) is 15.4. The lowest BCUT2D eigenvalue weighted by Crippen LogP contribution is -2.39. The number of amides is 1. The number of ether oxygens (including phenoxy) is 2. The Balaban J connectivity index is 1.62. The number of carbonyl (C=O) groups is 1. The predicted molar refractivity (Wildman–Crippen MR) is 125 cm³/mol. The van der Waals surface area contributed by atoms with E-state index in [4.69, 9.17) is 9.47 Å². The second kappa shape index (κ2) is 12.6. The molecule has 2 saturated heterocycles. The van der Waals surface area contributed by atoms with E-state index in [0.717, 1.165) is 49.2 Å². The number of anilines is 1. The minimum Gasteiger partial charge on any atom is -0.492 e. The Bertz CT molecular complexity index is 929. The van der Waals surface area contributed by atoms with Gasteiger partial charge in [0.1, 0.15) is 18.4 Å². The Morgan fingerprint density at radius 3 is 2.88 bits per heavy atom. The van der Waals surface area contributed by atoms with Crippen molar-refractivity contribution in [3.63, 3.8) is 0 Å². The third-order valence-corrected chi connectivity index (χ3v) is 7.43. The highest BCUT2D eigenvalue weighted by Crippen LogP contribution is 2.42. The average Bonchev–Trinajstić information content (AvgIpc) is 2.81. The maximum absolute atomic E-state index is 12.4. The normalized spacial score (nSPS) is 20.8. The highest BCUT2D eigenvalue weighted by Gasteiger charge is 2.31. The summed E-state index contributed by atoms with van der Waals surface area (Å²) in [6.45, 7) is 7.13. The van der Waals surface area contributed by atoms with Crippen LogP contribution >= 0.6 is 10.7 Å². The van der Waals surface area contributed by atoms with Crippen molar-refractivity contribution in [2.45, 2.75) is 13.3 Å². The lowest BCUT2D eigenvalue weighted by Gasteiger charge is -2.38. The Morgan fingerprint density at radius 2 is 2.18 bits per heavy atom. The predicted octanol–water partition coefficient (Wildman–Crippen LogP) is 2.25. The van der Waals surface area contributed by atoms with E-state index in [1.165, 1.54) is 0 Å². The molecule has 2 heterocycles. The summed E-state index contributed by atoms with van der Waals surface area (Å²) < 4.78 is 38.1. The fourth-order valence-corrected chi connectivity index (χ4v) is 5.34. The van der Waals surface area contributed by atoms with E-state index in [-0.39, 0.29) is 4.86 Å². The van der Waals surface area contributed by atoms with Crippen LogP contribution in [0.2, 0.25) is 0 Å². The number of alkyl halides is 2. The van der Waals surface area contributed by atoms with E-state index in [9.17, 15) is 18.8 Å². The zero-order valence-electron chi connectivity index (χ0n) is 18.6. The van der Waals surface area contributed by atoms with Crippen molar-refractivity contribution in [3.05, 3.63) is 35.4 Å². The number of benzene rings is 1. The first-order valence-electron chi connectivity index (χ1n) is 10.8. The van der Waals surface area contributed by atoms with Crippen molar-refractivity contribution in [1.29, 1.82) is 5.26 Å². The van der Waals surface area contributed by atoms with Crippen molar-refractivity contribution < 1.29 is 23.0 Å². The molecular formula is C22H29F2N5O3S. The van der Waals surface area contributed by atoms with Gasteiger partial charge in [-0.3, -0.25) is 9.69 Å². The molecule has 180 valence electrons. The average molecular weight is 482 g/mol. The molecule has 1 unspecified atom stereocenters. The molecule has 0 saturated carbocycles. The van der Waals surface area contributed by atoms with Crippen molar-refractivity contribution in [3.8, 4) is 11.8 Å². The van der Waals surface area contributed by atoms with Crippen molar-refractivity contribution >= 4 is 27.1 Å². The molecule has 2 fully saturated rings. The summed E-state index contributed by atoms with van der Waals surface area (Å²) >= 11 is 0. The van der Waals surface area contributed by atoms with Gasteiger partial charge in [-0.05, 0) is 12.1 Å². The molecule has 0 aliphatic carbocycles. The second-order valence-corrected chi connectivity index (χ2v) is 9.39. The summed E-state index contributed by atoms with van der Waals surface area (Å²) in [5, 5.41) is 14.8. The highest BCUT2D eigenvalue weighted by molar-refractivity contribution is 8.19. The number of hydrogen-bond acceptors (Lipinski definition) is 7. The number of hydrogen-bond donors (Lipinski definition) is 2. The van der Waals surface area contributed by atoms with Crippen molar-refractivity contribution in [1.82, 2.24) is 14.5 Å². The number of morpholine rings is 1. The number of carbonyl (C=O) groups excluding carboxylic acids is 1. The summed E-state index contributed by atoms with van der Waals surface area (Å²) in [5.74, 6) is -0.00838. The first-order valence-corrected chi connectivity index (χ1v) is 12.0. The Morgan fingerprint density at radius 1 is 1.39 bits per heavy atom. The van der Waals surface area contributed by atoms with E-state index in [1.54, 1.807) is 6.20 Å². The van der Waals surface area contributed by atoms with Crippen LogP contribution in [0.5, 0.6) is 5.75 Å². The van der Waals surface area contributed by atoms with Crippen LogP contribution in [-0.2, 0) is 9.53 Å². The topological polar surface area (TPSA) is 89.9 Å². The monoisotopic (exact) mass is 481 g/mol. The molecule has 11 heteroatoms. The number of nitriles is 1. The molecule has 1 atom stereocenters. The van der Waals surface area contributed by atoms with Crippen LogP contribution in [0.25, 0.3) is 0 Å². The molecule has 33 heavy (non-hydrogen) atoms. The minimum absolute atomic E-state index is 0.0583. The van der Waals surface area contributed by atoms with E-state index in [2.05, 4.69) is 15.5 Å². The molecule has 1 amide bonds. The molecule has 1 aromatic carbocycles. The van der Waals surface area contributed by atoms with Gasteiger partial charge in [0.2, 0.25) is 0 Å². The SMILES string of the molecule is CCN1CC(=C\Nc2cccc(OCCN3CCOCC3)c2)/S1=C(/C#N)C(=O)NCC(F)F. The number of rotatable bonds is 10. The molecule has 3 rings (SSSR count). The van der Waals surface area contributed by atoms with Crippen LogP contribution in [0.4, 0.5) is 14.5 Å². The van der Waals surface area contributed by atoms with E-state index >= 15 is 0 Å². The summed E-state index contributed by atoms with van der Waals surface area (Å²) in [5.41, 5.74) is 0.811. The lowest BCUT2D eigenvalue weighted by atomic mass is 10.3. The second-order valence-electron chi connectivity index (χ2n) is 7.37. The number of likely N-dealkylation sites (N-methyl/N-ethyl adjacent to an activating group) is 1. The van der Waals surface area contributed by atoms with Crippen LogP contribution in [0.3, 0.4) is 0 Å². The van der Waals surface area contributed by atoms with Crippen LogP contribution in [0.15, 0.2) is 35.4 Å². The molecule has 2 aliphatic heterocycles. The van der Waals surface area contributed by atoms with Gasteiger partial charge in [0.05, 0.1) is 19.8 Å². The Hall–Kier alpha value is -2.52. The zero-order chi connectivity index (χ0) is 23.6. The van der Waals surface area contributed by atoms with Gasteiger partial charge in [-0.25, -0.2) is 13.1 Å². The van der Waals surface area contributed by atoms with Crippen LogP contribution in [-0.4, -0.2) is 85.5 Å². The third kappa shape index (κ3) is 7.23. The van der Waals surface area contributed by atoms with Crippen LogP contribution < -0.4 is 15.4 Å². The van der Waals surface area contributed by atoms with Gasteiger partial charge in [-0.1, -0.05) is 23.7 Å². The van der Waals surface area contributed by atoms with E-state index < -0.39 is 29.5 Å². The standard InChI is InChI=1S/C22H29F2N5O3S/c1-2-29-16-19(33(29)20(13-25)22(30)27-15-21(23)24)14-26-17-4-3-5-18(12-17)32-11-8-28-6-9-31-10-7-28/h3-5,12,14,21,26H,2,6-11,15-16H2,1H3,(H,27,30)/b19-14+. The number of nitrogens with zero attached hydrogens (tertiary/aromatic N) is 3. The Labute approximate surface area is 195 Å². The van der Waals surface area contributed by atoms with Gasteiger partial charge in [0, 0.05) is 55.6 Å². The molecular weight excluding hydrogens is 452 g/mol. The van der Waals surface area contributed by atoms with Gasteiger partial charge in [0.25, 0.3) is 12.3 Å². The maximum atomic E-state index is 12.4. The smallest absolute Gasteiger partial charge is 0.269 e.